The molecule has 3 unspecified atom stereocenters. The highest BCUT2D eigenvalue weighted by Crippen LogP contribution is 2.25. The van der Waals surface area contributed by atoms with Crippen molar-refractivity contribution in [3.63, 3.8) is 0 Å². The van der Waals surface area contributed by atoms with Gasteiger partial charge in [-0.25, -0.2) is 0 Å². The number of hydrogen-bond acceptors (Lipinski definition) is 4. The zero-order chi connectivity index (χ0) is 13.1. The lowest BCUT2D eigenvalue weighted by atomic mass is 9.97. The van der Waals surface area contributed by atoms with Gasteiger partial charge in [0.15, 0.2) is 0 Å². The van der Waals surface area contributed by atoms with Gasteiger partial charge in [-0.05, 0) is 32.6 Å². The van der Waals surface area contributed by atoms with Crippen LogP contribution in [0.25, 0.3) is 0 Å². The van der Waals surface area contributed by atoms with Crippen LogP contribution >= 0.6 is 0 Å². The van der Waals surface area contributed by atoms with Crippen molar-refractivity contribution < 1.29 is 14.2 Å². The van der Waals surface area contributed by atoms with Crippen LogP contribution in [-0.2, 0) is 14.2 Å². The predicted octanol–water partition coefficient (Wildman–Crippen LogP) is 1.73. The second-order valence-electron chi connectivity index (χ2n) is 6.41. The summed E-state index contributed by atoms with van der Waals surface area (Å²) >= 11 is 0. The van der Waals surface area contributed by atoms with Gasteiger partial charge in [0.2, 0.25) is 0 Å². The summed E-state index contributed by atoms with van der Waals surface area (Å²) < 4.78 is 17.5. The molecular formula is C15H27NO3. The molecule has 3 saturated heterocycles. The van der Waals surface area contributed by atoms with Crippen molar-refractivity contribution >= 4 is 0 Å². The quantitative estimate of drug-likeness (QED) is 0.843. The zero-order valence-corrected chi connectivity index (χ0v) is 12.0. The van der Waals surface area contributed by atoms with E-state index in [4.69, 9.17) is 14.2 Å². The molecule has 3 fully saturated rings. The van der Waals surface area contributed by atoms with E-state index in [0.29, 0.717) is 24.4 Å². The Labute approximate surface area is 116 Å². The van der Waals surface area contributed by atoms with Crippen LogP contribution < -0.4 is 5.32 Å². The van der Waals surface area contributed by atoms with E-state index in [1.807, 2.05) is 0 Å². The third-order valence-corrected chi connectivity index (χ3v) is 4.52. The van der Waals surface area contributed by atoms with Gasteiger partial charge in [-0.15, -0.1) is 0 Å². The van der Waals surface area contributed by atoms with E-state index in [2.05, 4.69) is 12.2 Å². The Morgan fingerprint density at radius 1 is 0.947 bits per heavy atom. The summed E-state index contributed by atoms with van der Waals surface area (Å²) in [5.41, 5.74) is 0. The minimum absolute atomic E-state index is 0.329. The molecule has 3 rings (SSSR count). The van der Waals surface area contributed by atoms with Gasteiger partial charge in [0.25, 0.3) is 0 Å². The molecule has 3 aliphatic rings. The molecule has 0 aromatic rings. The Balaban J connectivity index is 1.42. The summed E-state index contributed by atoms with van der Waals surface area (Å²) in [7, 11) is 0. The van der Waals surface area contributed by atoms with Gasteiger partial charge >= 0.3 is 0 Å². The van der Waals surface area contributed by atoms with Gasteiger partial charge in [-0.1, -0.05) is 0 Å². The first kappa shape index (κ1) is 13.8. The fraction of sp³-hybridized carbons (Fsp3) is 1.00. The molecule has 0 aliphatic carbocycles. The molecule has 0 saturated carbocycles. The fourth-order valence-electron chi connectivity index (χ4n) is 3.41. The monoisotopic (exact) mass is 269 g/mol. The molecule has 19 heavy (non-hydrogen) atoms. The van der Waals surface area contributed by atoms with E-state index in [1.54, 1.807) is 0 Å². The molecule has 4 atom stereocenters. The molecule has 4 heteroatoms. The summed E-state index contributed by atoms with van der Waals surface area (Å²) in [5.74, 6) is 0.719. The van der Waals surface area contributed by atoms with E-state index in [9.17, 15) is 0 Å². The van der Waals surface area contributed by atoms with Gasteiger partial charge in [-0.3, -0.25) is 0 Å². The van der Waals surface area contributed by atoms with Crippen LogP contribution in [-0.4, -0.2) is 50.7 Å². The Morgan fingerprint density at radius 2 is 1.74 bits per heavy atom. The first-order valence-electron chi connectivity index (χ1n) is 7.89. The SMILES string of the molecule is C[C@H]1CCCC(CC2CNCC(CC3COC3)O2)O1. The molecule has 3 aliphatic heterocycles. The molecule has 110 valence electrons. The predicted molar refractivity (Wildman–Crippen MR) is 73.3 cm³/mol. The van der Waals surface area contributed by atoms with Crippen LogP contribution in [0.4, 0.5) is 0 Å². The van der Waals surface area contributed by atoms with E-state index >= 15 is 0 Å². The largest absolute Gasteiger partial charge is 0.381 e. The van der Waals surface area contributed by atoms with Crippen LogP contribution in [0.5, 0.6) is 0 Å². The van der Waals surface area contributed by atoms with Gasteiger partial charge < -0.3 is 19.5 Å². The Hall–Kier alpha value is -0.160. The van der Waals surface area contributed by atoms with E-state index in [-0.39, 0.29) is 0 Å². The van der Waals surface area contributed by atoms with Crippen molar-refractivity contribution in [2.75, 3.05) is 26.3 Å². The molecule has 0 spiro atoms. The summed E-state index contributed by atoms with van der Waals surface area (Å²) in [6, 6.07) is 0. The van der Waals surface area contributed by atoms with Crippen molar-refractivity contribution in [1.29, 1.82) is 0 Å². The number of hydrogen-bond donors (Lipinski definition) is 1. The second kappa shape index (κ2) is 6.53. The minimum Gasteiger partial charge on any atom is -0.381 e. The molecule has 0 bridgehead atoms. The summed E-state index contributed by atoms with van der Waals surface area (Å²) in [4.78, 5) is 0. The van der Waals surface area contributed by atoms with Gasteiger partial charge in [-0.2, -0.15) is 0 Å². The van der Waals surface area contributed by atoms with Crippen molar-refractivity contribution in [3.8, 4) is 0 Å². The second-order valence-corrected chi connectivity index (χ2v) is 6.41. The van der Waals surface area contributed by atoms with Crippen molar-refractivity contribution in [3.05, 3.63) is 0 Å². The smallest absolute Gasteiger partial charge is 0.0728 e. The molecule has 4 nitrogen and oxygen atoms in total. The number of morpholine rings is 1. The molecule has 0 aromatic heterocycles. The molecule has 1 N–H and O–H groups in total. The summed E-state index contributed by atoms with van der Waals surface area (Å²) in [5, 5.41) is 3.52. The first-order chi connectivity index (χ1) is 9.29. The lowest BCUT2D eigenvalue weighted by molar-refractivity contribution is -0.115. The molecular weight excluding hydrogens is 242 g/mol. The van der Waals surface area contributed by atoms with Crippen molar-refractivity contribution in [2.24, 2.45) is 5.92 Å². The maximum absolute atomic E-state index is 6.23. The lowest BCUT2D eigenvalue weighted by Crippen LogP contribution is -2.48. The van der Waals surface area contributed by atoms with Crippen molar-refractivity contribution in [1.82, 2.24) is 5.32 Å². The van der Waals surface area contributed by atoms with Crippen LogP contribution in [0.2, 0.25) is 0 Å². The number of ether oxygens (including phenoxy) is 3. The number of rotatable bonds is 4. The van der Waals surface area contributed by atoms with Crippen LogP contribution in [0.15, 0.2) is 0 Å². The molecule has 0 radical (unpaired) electrons. The molecule has 0 amide bonds. The average molecular weight is 269 g/mol. The van der Waals surface area contributed by atoms with E-state index < -0.39 is 0 Å². The van der Waals surface area contributed by atoms with Crippen LogP contribution in [0.3, 0.4) is 0 Å². The van der Waals surface area contributed by atoms with E-state index in [0.717, 1.165) is 45.1 Å². The van der Waals surface area contributed by atoms with Crippen LogP contribution in [0.1, 0.15) is 39.0 Å². The van der Waals surface area contributed by atoms with Crippen LogP contribution in [0, 0.1) is 5.92 Å². The van der Waals surface area contributed by atoms with Gasteiger partial charge in [0, 0.05) is 25.4 Å². The Kier molecular flexibility index (Phi) is 4.74. The lowest BCUT2D eigenvalue weighted by Gasteiger charge is -2.37. The minimum atomic E-state index is 0.329. The maximum Gasteiger partial charge on any atom is 0.0728 e. The topological polar surface area (TPSA) is 39.7 Å². The molecule has 0 aromatic carbocycles. The first-order valence-corrected chi connectivity index (χ1v) is 7.89. The normalized spacial score (nSPS) is 40.9. The highest BCUT2D eigenvalue weighted by Gasteiger charge is 2.30. The summed E-state index contributed by atoms with van der Waals surface area (Å²) in [6.45, 7) is 6.01. The zero-order valence-electron chi connectivity index (χ0n) is 12.0. The third kappa shape index (κ3) is 3.91. The van der Waals surface area contributed by atoms with Crippen molar-refractivity contribution in [2.45, 2.75) is 63.4 Å². The highest BCUT2D eigenvalue weighted by atomic mass is 16.5. The maximum atomic E-state index is 6.23. The highest BCUT2D eigenvalue weighted by molar-refractivity contribution is 4.81. The fourth-order valence-corrected chi connectivity index (χ4v) is 3.41. The summed E-state index contributed by atoms with van der Waals surface area (Å²) in [6.07, 6.45) is 7.44. The van der Waals surface area contributed by atoms with Gasteiger partial charge in [0.05, 0.1) is 37.6 Å². The molecule has 3 heterocycles. The third-order valence-electron chi connectivity index (χ3n) is 4.52. The van der Waals surface area contributed by atoms with E-state index in [1.165, 1.54) is 19.3 Å². The Bertz CT molecular complexity index is 283. The standard InChI is InChI=1S/C15H27NO3/c1-11-3-2-4-13(18-11)6-15-8-16-7-14(19-15)5-12-9-17-10-12/h11-16H,2-10H2,1H3/t11-,13?,14?,15?/m0/s1. The van der Waals surface area contributed by atoms with Gasteiger partial charge in [0.1, 0.15) is 0 Å². The number of nitrogens with one attached hydrogen (secondary N) is 1. The average Bonchev–Trinajstić information content (AvgIpc) is 2.34. The Morgan fingerprint density at radius 3 is 2.42 bits per heavy atom.